The van der Waals surface area contributed by atoms with Crippen LogP contribution in [0.15, 0.2) is 11.3 Å². The molecule has 7 nitrogen and oxygen atoms in total. The molecule has 1 unspecified atom stereocenters. The van der Waals surface area contributed by atoms with Gasteiger partial charge in [-0.15, -0.1) is 0 Å². The molecule has 1 saturated heterocycles. The van der Waals surface area contributed by atoms with Crippen molar-refractivity contribution in [1.29, 1.82) is 0 Å². The van der Waals surface area contributed by atoms with Gasteiger partial charge in [0.1, 0.15) is 12.2 Å². The molecule has 0 amide bonds. The number of piperidine rings is 1. The molecular formula is C15H29N7. The highest BCUT2D eigenvalue weighted by Crippen LogP contribution is 2.17. The van der Waals surface area contributed by atoms with E-state index in [9.17, 15) is 0 Å². The molecule has 1 aliphatic heterocycles. The van der Waals surface area contributed by atoms with Crippen molar-refractivity contribution in [3.63, 3.8) is 0 Å². The van der Waals surface area contributed by atoms with Gasteiger partial charge in [-0.3, -0.25) is 14.6 Å². The minimum atomic E-state index is 0.515. The Labute approximate surface area is 133 Å². The van der Waals surface area contributed by atoms with Gasteiger partial charge in [-0.25, -0.2) is 4.98 Å². The molecule has 1 aromatic heterocycles. The molecule has 22 heavy (non-hydrogen) atoms. The van der Waals surface area contributed by atoms with E-state index < -0.39 is 0 Å². The first-order valence-corrected chi connectivity index (χ1v) is 8.11. The van der Waals surface area contributed by atoms with Gasteiger partial charge in [0.15, 0.2) is 5.96 Å². The monoisotopic (exact) mass is 307 g/mol. The molecule has 2 rings (SSSR count). The highest BCUT2D eigenvalue weighted by molar-refractivity contribution is 5.79. The largest absolute Gasteiger partial charge is 0.355 e. The zero-order valence-electron chi connectivity index (χ0n) is 14.2. The quantitative estimate of drug-likeness (QED) is 0.616. The van der Waals surface area contributed by atoms with E-state index in [2.05, 4.69) is 44.5 Å². The smallest absolute Gasteiger partial charge is 0.191 e. The molecule has 7 heteroatoms. The Morgan fingerprint density at radius 1 is 1.41 bits per heavy atom. The minimum Gasteiger partial charge on any atom is -0.355 e. The summed E-state index contributed by atoms with van der Waals surface area (Å²) in [7, 11) is 3.68. The average Bonchev–Trinajstić information content (AvgIpc) is 2.93. The number of rotatable bonds is 5. The second-order valence-corrected chi connectivity index (χ2v) is 6.17. The fourth-order valence-electron chi connectivity index (χ4n) is 2.71. The summed E-state index contributed by atoms with van der Waals surface area (Å²) in [6.45, 7) is 8.54. The molecule has 0 spiro atoms. The number of aliphatic imine (C=N–C) groups is 1. The summed E-state index contributed by atoms with van der Waals surface area (Å²) >= 11 is 0. The topological polar surface area (TPSA) is 70.4 Å². The van der Waals surface area contributed by atoms with Crippen LogP contribution in [0, 0.1) is 5.92 Å². The van der Waals surface area contributed by atoms with Gasteiger partial charge in [0, 0.05) is 26.7 Å². The third-order valence-corrected chi connectivity index (χ3v) is 4.45. The Kier molecular flexibility index (Phi) is 6.18. The van der Waals surface area contributed by atoms with E-state index in [1.807, 2.05) is 7.05 Å². The molecule has 1 atom stereocenters. The SMILES string of the molecule is CN=C(NCc1ncnn1C)NCC(C)N1CCC(C)CC1. The lowest BCUT2D eigenvalue weighted by molar-refractivity contribution is 0.147. The number of nitrogens with one attached hydrogen (secondary N) is 2. The summed E-state index contributed by atoms with van der Waals surface area (Å²) in [5.74, 6) is 2.57. The fraction of sp³-hybridized carbons (Fsp3) is 0.800. The number of aromatic nitrogens is 3. The lowest BCUT2D eigenvalue weighted by Crippen LogP contribution is -2.48. The number of guanidine groups is 1. The van der Waals surface area contributed by atoms with Crippen LogP contribution in [0.3, 0.4) is 0 Å². The zero-order valence-corrected chi connectivity index (χ0v) is 14.2. The van der Waals surface area contributed by atoms with Gasteiger partial charge < -0.3 is 10.6 Å². The third-order valence-electron chi connectivity index (χ3n) is 4.45. The predicted molar refractivity (Wildman–Crippen MR) is 88.6 cm³/mol. The van der Waals surface area contributed by atoms with Crippen LogP contribution in [-0.4, -0.2) is 58.3 Å². The molecule has 0 radical (unpaired) electrons. The first-order chi connectivity index (χ1) is 10.6. The van der Waals surface area contributed by atoms with Gasteiger partial charge >= 0.3 is 0 Å². The Bertz CT molecular complexity index is 474. The van der Waals surface area contributed by atoms with Crippen LogP contribution in [0.25, 0.3) is 0 Å². The van der Waals surface area contributed by atoms with Crippen molar-refractivity contribution in [2.75, 3.05) is 26.7 Å². The Morgan fingerprint density at radius 3 is 2.73 bits per heavy atom. The van der Waals surface area contributed by atoms with Crippen LogP contribution in [0.2, 0.25) is 0 Å². The fourth-order valence-corrected chi connectivity index (χ4v) is 2.71. The summed E-state index contributed by atoms with van der Waals surface area (Å²) in [5, 5.41) is 10.7. The van der Waals surface area contributed by atoms with Gasteiger partial charge in [-0.1, -0.05) is 6.92 Å². The molecule has 0 bridgehead atoms. The van der Waals surface area contributed by atoms with Crippen LogP contribution >= 0.6 is 0 Å². The number of likely N-dealkylation sites (tertiary alicyclic amines) is 1. The minimum absolute atomic E-state index is 0.515. The van der Waals surface area contributed by atoms with Crippen molar-refractivity contribution < 1.29 is 0 Å². The Hall–Kier alpha value is -1.63. The Balaban J connectivity index is 1.73. The molecular weight excluding hydrogens is 278 g/mol. The molecule has 2 heterocycles. The van der Waals surface area contributed by atoms with E-state index in [1.54, 1.807) is 18.1 Å². The first-order valence-electron chi connectivity index (χ1n) is 8.11. The van der Waals surface area contributed by atoms with E-state index in [1.165, 1.54) is 25.9 Å². The molecule has 124 valence electrons. The zero-order chi connectivity index (χ0) is 15.9. The maximum atomic E-state index is 4.26. The van der Waals surface area contributed by atoms with Crippen LogP contribution in [0.5, 0.6) is 0 Å². The second-order valence-electron chi connectivity index (χ2n) is 6.17. The number of aryl methyl sites for hydroxylation is 1. The van der Waals surface area contributed by atoms with E-state index in [0.29, 0.717) is 12.6 Å². The second kappa shape index (κ2) is 8.12. The molecule has 1 aromatic rings. The van der Waals surface area contributed by atoms with Crippen LogP contribution in [0.1, 0.15) is 32.5 Å². The molecule has 0 aliphatic carbocycles. The maximum absolute atomic E-state index is 4.26. The molecule has 2 N–H and O–H groups in total. The summed E-state index contributed by atoms with van der Waals surface area (Å²) < 4.78 is 1.76. The highest BCUT2D eigenvalue weighted by atomic mass is 15.3. The van der Waals surface area contributed by atoms with Crippen LogP contribution in [0.4, 0.5) is 0 Å². The number of hydrogen-bond donors (Lipinski definition) is 2. The lowest BCUT2D eigenvalue weighted by atomic mass is 9.98. The first kappa shape index (κ1) is 16.7. The summed E-state index contributed by atoms with van der Waals surface area (Å²) in [4.78, 5) is 11.0. The normalized spacial score (nSPS) is 19.2. The Morgan fingerprint density at radius 2 is 2.14 bits per heavy atom. The van der Waals surface area contributed by atoms with Crippen molar-refractivity contribution >= 4 is 5.96 Å². The van der Waals surface area contributed by atoms with Crippen molar-refractivity contribution in [2.24, 2.45) is 18.0 Å². The molecule has 0 saturated carbocycles. The van der Waals surface area contributed by atoms with Gasteiger partial charge in [0.25, 0.3) is 0 Å². The van der Waals surface area contributed by atoms with Crippen molar-refractivity contribution in [3.8, 4) is 0 Å². The van der Waals surface area contributed by atoms with Gasteiger partial charge in [-0.2, -0.15) is 5.10 Å². The van der Waals surface area contributed by atoms with E-state index in [4.69, 9.17) is 0 Å². The summed E-state index contributed by atoms with van der Waals surface area (Å²) in [6.07, 6.45) is 4.18. The van der Waals surface area contributed by atoms with Gasteiger partial charge in [0.2, 0.25) is 0 Å². The van der Waals surface area contributed by atoms with Crippen molar-refractivity contribution in [3.05, 3.63) is 12.2 Å². The number of nitrogens with zero attached hydrogens (tertiary/aromatic N) is 5. The number of hydrogen-bond acceptors (Lipinski definition) is 4. The lowest BCUT2D eigenvalue weighted by Gasteiger charge is -2.35. The maximum Gasteiger partial charge on any atom is 0.191 e. The van der Waals surface area contributed by atoms with Crippen LogP contribution in [-0.2, 0) is 13.6 Å². The average molecular weight is 307 g/mol. The van der Waals surface area contributed by atoms with Crippen molar-refractivity contribution in [1.82, 2.24) is 30.3 Å². The predicted octanol–water partition coefficient (Wildman–Crippen LogP) is 0.601. The van der Waals surface area contributed by atoms with E-state index >= 15 is 0 Å². The molecule has 1 aliphatic rings. The van der Waals surface area contributed by atoms with E-state index in [0.717, 1.165) is 24.2 Å². The summed E-state index contributed by atoms with van der Waals surface area (Å²) in [5.41, 5.74) is 0. The molecule has 1 fully saturated rings. The molecule has 0 aromatic carbocycles. The highest BCUT2D eigenvalue weighted by Gasteiger charge is 2.20. The third kappa shape index (κ3) is 4.69. The summed E-state index contributed by atoms with van der Waals surface area (Å²) in [6, 6.07) is 0.515. The van der Waals surface area contributed by atoms with Gasteiger partial charge in [-0.05, 0) is 38.8 Å². The van der Waals surface area contributed by atoms with Crippen molar-refractivity contribution in [2.45, 2.75) is 39.3 Å². The van der Waals surface area contributed by atoms with Gasteiger partial charge in [0.05, 0.1) is 6.54 Å². The van der Waals surface area contributed by atoms with E-state index in [-0.39, 0.29) is 0 Å². The van der Waals surface area contributed by atoms with Crippen LogP contribution < -0.4 is 10.6 Å². The standard InChI is InChI=1S/C15H29N7/c1-12-5-7-22(8-6-12)13(2)9-17-15(16-3)18-10-14-19-11-20-21(14)4/h11-13H,5-10H2,1-4H3,(H2,16,17,18).